The van der Waals surface area contributed by atoms with E-state index < -0.39 is 47.9 Å². The number of thiophene rings is 1. The Morgan fingerprint density at radius 1 is 0.600 bits per heavy atom. The molecule has 6 N–H and O–H groups in total. The first-order chi connectivity index (χ1) is 26.7. The zero-order valence-electron chi connectivity index (χ0n) is 30.1. The molecular weight excluding hydrogens is 715 g/mol. The SMILES string of the molecule is O=C1CCNc2ccc(cc2)C[C@@H](C(=O)O)NC(=O)[C@@H](Cc2ccccc2)NC(=O)[C@H](Cc2ccc(-c3ccccc3)cc2)NC(=O)[C@@H](Cc2cccs2)N1. The maximum atomic E-state index is 14.3. The van der Waals surface area contributed by atoms with Crippen molar-refractivity contribution in [3.63, 3.8) is 0 Å². The average Bonchev–Trinajstić information content (AvgIpc) is 3.71. The van der Waals surface area contributed by atoms with Gasteiger partial charge in [0.25, 0.3) is 0 Å². The number of benzene rings is 4. The summed E-state index contributed by atoms with van der Waals surface area (Å²) >= 11 is 1.45. The van der Waals surface area contributed by atoms with E-state index in [0.29, 0.717) is 5.56 Å². The number of hydrogen-bond acceptors (Lipinski definition) is 7. The summed E-state index contributed by atoms with van der Waals surface area (Å²) < 4.78 is 0. The molecule has 2 bridgehead atoms. The number of carboxylic acid groups (broad SMARTS) is 1. The molecule has 0 saturated carbocycles. The van der Waals surface area contributed by atoms with Gasteiger partial charge in [0.05, 0.1) is 0 Å². The lowest BCUT2D eigenvalue weighted by Gasteiger charge is -2.26. The zero-order chi connectivity index (χ0) is 38.6. The molecule has 5 aromatic rings. The lowest BCUT2D eigenvalue weighted by molar-refractivity contribution is -0.142. The van der Waals surface area contributed by atoms with Gasteiger partial charge < -0.3 is 31.7 Å². The Kier molecular flexibility index (Phi) is 13.0. The van der Waals surface area contributed by atoms with Gasteiger partial charge in [0.15, 0.2) is 0 Å². The first-order valence-corrected chi connectivity index (χ1v) is 19.0. The van der Waals surface area contributed by atoms with Crippen molar-refractivity contribution in [2.75, 3.05) is 11.9 Å². The summed E-state index contributed by atoms with van der Waals surface area (Å²) in [5, 5.41) is 26.4. The minimum atomic E-state index is -1.28. The van der Waals surface area contributed by atoms with E-state index in [-0.39, 0.29) is 44.6 Å². The van der Waals surface area contributed by atoms with Gasteiger partial charge in [0.2, 0.25) is 23.6 Å². The topological polar surface area (TPSA) is 166 Å². The second-order valence-electron chi connectivity index (χ2n) is 13.5. The van der Waals surface area contributed by atoms with Crippen LogP contribution < -0.4 is 26.6 Å². The summed E-state index contributed by atoms with van der Waals surface area (Å²) in [7, 11) is 0. The molecule has 0 saturated heterocycles. The van der Waals surface area contributed by atoms with Crippen LogP contribution >= 0.6 is 11.3 Å². The van der Waals surface area contributed by atoms with Crippen molar-refractivity contribution < 1.29 is 29.1 Å². The fourth-order valence-corrected chi connectivity index (χ4v) is 7.16. The third kappa shape index (κ3) is 11.1. The number of carboxylic acids is 1. The fraction of sp³-hybridized carbons (Fsp3) is 0.233. The highest BCUT2D eigenvalue weighted by molar-refractivity contribution is 7.09. The quantitative estimate of drug-likeness (QED) is 0.127. The van der Waals surface area contributed by atoms with E-state index in [2.05, 4.69) is 26.6 Å². The van der Waals surface area contributed by atoms with Crippen LogP contribution in [0.2, 0.25) is 0 Å². The van der Waals surface area contributed by atoms with Crippen molar-refractivity contribution in [2.24, 2.45) is 0 Å². The predicted octanol–water partition coefficient (Wildman–Crippen LogP) is 4.53. The van der Waals surface area contributed by atoms with E-state index in [9.17, 15) is 29.1 Å². The van der Waals surface area contributed by atoms with E-state index in [1.165, 1.54) is 11.3 Å². The van der Waals surface area contributed by atoms with E-state index in [1.807, 2.05) is 102 Å². The molecule has 0 radical (unpaired) electrons. The van der Waals surface area contributed by atoms with Crippen LogP contribution in [0.4, 0.5) is 5.69 Å². The van der Waals surface area contributed by atoms with Crippen molar-refractivity contribution in [3.8, 4) is 11.1 Å². The Labute approximate surface area is 323 Å². The van der Waals surface area contributed by atoms with Crippen molar-refractivity contribution in [1.82, 2.24) is 21.3 Å². The van der Waals surface area contributed by atoms with Crippen LogP contribution in [0.5, 0.6) is 0 Å². The number of amides is 4. The minimum Gasteiger partial charge on any atom is -0.480 e. The largest absolute Gasteiger partial charge is 0.480 e. The van der Waals surface area contributed by atoms with Gasteiger partial charge >= 0.3 is 5.97 Å². The second kappa shape index (κ2) is 18.7. The van der Waals surface area contributed by atoms with E-state index in [1.54, 1.807) is 24.3 Å². The van der Waals surface area contributed by atoms with Gasteiger partial charge in [-0.1, -0.05) is 103 Å². The molecule has 4 amide bonds. The summed E-state index contributed by atoms with van der Waals surface area (Å²) in [5.41, 5.74) is 4.89. The van der Waals surface area contributed by atoms with Gasteiger partial charge in [-0.15, -0.1) is 11.3 Å². The third-order valence-corrected chi connectivity index (χ3v) is 10.3. The lowest BCUT2D eigenvalue weighted by Crippen LogP contribution is -2.59. The first-order valence-electron chi connectivity index (χ1n) is 18.2. The molecule has 7 rings (SSSR count). The molecule has 4 atom stereocenters. The van der Waals surface area contributed by atoms with Gasteiger partial charge in [0, 0.05) is 49.2 Å². The number of fused-ring (bicyclic) bond motifs is 17. The van der Waals surface area contributed by atoms with Crippen molar-refractivity contribution >= 4 is 46.6 Å². The number of nitrogens with one attached hydrogen (secondary N) is 5. The molecular formula is C43H43N5O6S. The monoisotopic (exact) mass is 757 g/mol. The highest BCUT2D eigenvalue weighted by Gasteiger charge is 2.32. The van der Waals surface area contributed by atoms with Crippen LogP contribution in [0.1, 0.15) is 28.0 Å². The zero-order valence-corrected chi connectivity index (χ0v) is 30.9. The molecule has 0 fully saturated rings. The molecule has 12 heteroatoms. The molecule has 0 spiro atoms. The molecule has 2 aliphatic rings. The van der Waals surface area contributed by atoms with Gasteiger partial charge in [-0.25, -0.2) is 4.79 Å². The van der Waals surface area contributed by atoms with Crippen LogP contribution in [-0.4, -0.2) is 65.4 Å². The number of anilines is 1. The van der Waals surface area contributed by atoms with Crippen LogP contribution in [0.15, 0.2) is 127 Å². The van der Waals surface area contributed by atoms with Gasteiger partial charge in [-0.2, -0.15) is 0 Å². The van der Waals surface area contributed by atoms with Crippen molar-refractivity contribution in [1.29, 1.82) is 0 Å². The Bertz CT molecular complexity index is 2060. The summed E-state index contributed by atoms with van der Waals surface area (Å²) in [6.45, 7) is 0.277. The number of hydrogen-bond donors (Lipinski definition) is 6. The Morgan fingerprint density at radius 3 is 1.76 bits per heavy atom. The first kappa shape index (κ1) is 38.5. The summed E-state index contributed by atoms with van der Waals surface area (Å²) in [4.78, 5) is 68.9. The maximum Gasteiger partial charge on any atom is 0.326 e. The Balaban J connectivity index is 1.33. The molecule has 0 aliphatic carbocycles. The average molecular weight is 758 g/mol. The summed E-state index contributed by atoms with van der Waals surface area (Å²) in [6.07, 6.45) is 0.415. The third-order valence-electron chi connectivity index (χ3n) is 9.38. The molecule has 55 heavy (non-hydrogen) atoms. The second-order valence-corrected chi connectivity index (χ2v) is 14.5. The van der Waals surface area contributed by atoms with E-state index in [4.69, 9.17) is 0 Å². The lowest BCUT2D eigenvalue weighted by atomic mass is 9.99. The molecule has 282 valence electrons. The Morgan fingerprint density at radius 2 is 1.16 bits per heavy atom. The van der Waals surface area contributed by atoms with Crippen molar-refractivity contribution in [3.05, 3.63) is 148 Å². The summed E-state index contributed by atoms with van der Waals surface area (Å²) in [6, 6.07) is 32.7. The van der Waals surface area contributed by atoms with E-state index >= 15 is 0 Å². The smallest absolute Gasteiger partial charge is 0.326 e. The van der Waals surface area contributed by atoms with Crippen LogP contribution in [0.25, 0.3) is 11.1 Å². The molecule has 1 aromatic heterocycles. The fourth-order valence-electron chi connectivity index (χ4n) is 6.41. The highest BCUT2D eigenvalue weighted by atomic mass is 32.1. The number of carbonyl (C=O) groups is 5. The van der Waals surface area contributed by atoms with Crippen LogP contribution in [0, 0.1) is 0 Å². The molecule has 2 aliphatic heterocycles. The Hall–Kier alpha value is -6.27. The molecule has 3 heterocycles. The van der Waals surface area contributed by atoms with Crippen LogP contribution in [-0.2, 0) is 49.7 Å². The maximum absolute atomic E-state index is 14.3. The summed E-state index contributed by atoms with van der Waals surface area (Å²) in [5.74, 6) is -3.46. The van der Waals surface area contributed by atoms with E-state index in [0.717, 1.165) is 32.8 Å². The number of aliphatic carboxylic acids is 1. The van der Waals surface area contributed by atoms with Crippen molar-refractivity contribution in [2.45, 2.75) is 56.3 Å². The highest BCUT2D eigenvalue weighted by Crippen LogP contribution is 2.20. The standard InChI is InChI=1S/C43H43N5O6S/c49-39-21-22-44-33-19-15-30(16-20-33)26-38(43(53)54)48-41(51)35(24-28-8-3-1-4-9-28)46-40(50)36(47-42(52)37(45-39)27-34-12-7-23-55-34)25-29-13-17-32(18-14-29)31-10-5-2-6-11-31/h1-20,23,35-38,44H,21-22,24-27H2,(H,45,49)(H,46,50)(H,47,52)(H,48,51)(H,53,54)/t35-,36+,37-,38+/m1/s1. The molecule has 0 unspecified atom stereocenters. The van der Waals surface area contributed by atoms with Gasteiger partial charge in [0.1, 0.15) is 24.2 Å². The molecule has 11 nitrogen and oxygen atoms in total. The van der Waals surface area contributed by atoms with Gasteiger partial charge in [-0.05, 0) is 51.4 Å². The normalized spacial score (nSPS) is 19.9. The predicted molar refractivity (Wildman–Crippen MR) is 212 cm³/mol. The number of rotatable bonds is 8. The minimum absolute atomic E-state index is 0.000942. The number of carbonyl (C=O) groups excluding carboxylic acids is 4. The molecule has 4 aromatic carbocycles. The van der Waals surface area contributed by atoms with Gasteiger partial charge in [-0.3, -0.25) is 19.2 Å². The van der Waals surface area contributed by atoms with Crippen LogP contribution in [0.3, 0.4) is 0 Å².